The summed E-state index contributed by atoms with van der Waals surface area (Å²) in [6, 6.07) is 9.04. The summed E-state index contributed by atoms with van der Waals surface area (Å²) in [5.41, 5.74) is 2.36. The number of anilines is 2. The average Bonchev–Trinajstić information content (AvgIpc) is 2.55. The van der Waals surface area contributed by atoms with E-state index in [4.69, 9.17) is 4.74 Å². The molecule has 0 fully saturated rings. The summed E-state index contributed by atoms with van der Waals surface area (Å²) >= 11 is 0. The number of rotatable bonds is 5. The number of benzene rings is 1. The maximum absolute atomic E-state index is 12.0. The number of carbonyl (C=O) groups excluding carboxylic acids is 2. The first-order valence-electron chi connectivity index (χ1n) is 8.37. The number of fused-ring (bicyclic) bond motifs is 1. The minimum Gasteiger partial charge on any atom is -0.437 e. The summed E-state index contributed by atoms with van der Waals surface area (Å²) in [6.45, 7) is 3.98. The van der Waals surface area contributed by atoms with E-state index < -0.39 is 0 Å². The third kappa shape index (κ3) is 4.35. The second kappa shape index (κ2) is 7.34. The lowest BCUT2D eigenvalue weighted by molar-refractivity contribution is -0.117. The molecule has 2 amide bonds. The molecule has 6 heteroatoms. The number of hydrogen-bond acceptors (Lipinski definition) is 4. The molecule has 0 atom stereocenters. The first-order valence-corrected chi connectivity index (χ1v) is 8.37. The molecule has 0 saturated heterocycles. The van der Waals surface area contributed by atoms with E-state index in [0.717, 1.165) is 17.7 Å². The zero-order chi connectivity index (χ0) is 17.8. The number of nitrogens with one attached hydrogen (secondary N) is 2. The van der Waals surface area contributed by atoms with Crippen LogP contribution in [0.25, 0.3) is 0 Å². The van der Waals surface area contributed by atoms with Crippen LogP contribution < -0.4 is 15.4 Å². The standard InChI is InChI=1S/C19H21N3O3/c1-12(2)10-18(24)21-15-4-3-9-20-19(15)25-14-7-5-13-6-8-17(23)22-16(13)11-14/h3-5,7,9,11-12H,6,8,10H2,1-2H3,(H,21,24)(H,22,23). The fourth-order valence-corrected chi connectivity index (χ4v) is 2.67. The number of aryl methyl sites for hydroxylation is 1. The van der Waals surface area contributed by atoms with Crippen molar-refractivity contribution in [2.24, 2.45) is 5.92 Å². The molecule has 0 saturated carbocycles. The van der Waals surface area contributed by atoms with Crippen LogP contribution in [0.4, 0.5) is 11.4 Å². The fraction of sp³-hybridized carbons (Fsp3) is 0.316. The molecular weight excluding hydrogens is 318 g/mol. The molecule has 2 N–H and O–H groups in total. The van der Waals surface area contributed by atoms with Crippen LogP contribution >= 0.6 is 0 Å². The van der Waals surface area contributed by atoms with Crippen molar-refractivity contribution in [3.05, 3.63) is 42.1 Å². The van der Waals surface area contributed by atoms with E-state index in [9.17, 15) is 9.59 Å². The Kier molecular flexibility index (Phi) is 4.97. The smallest absolute Gasteiger partial charge is 0.243 e. The number of aromatic nitrogens is 1. The number of nitrogens with zero attached hydrogens (tertiary/aromatic N) is 1. The third-order valence-corrected chi connectivity index (χ3v) is 3.83. The lowest BCUT2D eigenvalue weighted by atomic mass is 10.0. The Labute approximate surface area is 146 Å². The Morgan fingerprint density at radius 1 is 1.32 bits per heavy atom. The Balaban J connectivity index is 1.78. The van der Waals surface area contributed by atoms with E-state index in [1.807, 2.05) is 26.0 Å². The van der Waals surface area contributed by atoms with E-state index in [1.54, 1.807) is 24.4 Å². The van der Waals surface area contributed by atoms with Crippen LogP contribution in [0.15, 0.2) is 36.5 Å². The summed E-state index contributed by atoms with van der Waals surface area (Å²) in [5, 5.41) is 5.68. The summed E-state index contributed by atoms with van der Waals surface area (Å²) in [7, 11) is 0. The highest BCUT2D eigenvalue weighted by atomic mass is 16.5. The van der Waals surface area contributed by atoms with Crippen molar-refractivity contribution in [2.45, 2.75) is 33.1 Å². The molecule has 0 radical (unpaired) electrons. The minimum absolute atomic E-state index is 0.00382. The highest BCUT2D eigenvalue weighted by Crippen LogP contribution is 2.32. The highest BCUT2D eigenvalue weighted by Gasteiger charge is 2.16. The quantitative estimate of drug-likeness (QED) is 0.869. The number of ether oxygens (including phenoxy) is 1. The maximum Gasteiger partial charge on any atom is 0.243 e. The van der Waals surface area contributed by atoms with Crippen LogP contribution in [0.1, 0.15) is 32.3 Å². The van der Waals surface area contributed by atoms with Gasteiger partial charge in [0.05, 0.1) is 0 Å². The molecular formula is C19H21N3O3. The van der Waals surface area contributed by atoms with Gasteiger partial charge < -0.3 is 15.4 Å². The summed E-state index contributed by atoms with van der Waals surface area (Å²) in [6.07, 6.45) is 3.26. The normalized spacial score (nSPS) is 13.2. The van der Waals surface area contributed by atoms with Crippen molar-refractivity contribution in [2.75, 3.05) is 10.6 Å². The molecule has 25 heavy (non-hydrogen) atoms. The fourth-order valence-electron chi connectivity index (χ4n) is 2.67. The molecule has 1 aliphatic rings. The van der Waals surface area contributed by atoms with Gasteiger partial charge >= 0.3 is 0 Å². The van der Waals surface area contributed by atoms with Crippen molar-refractivity contribution in [1.82, 2.24) is 4.98 Å². The second-order valence-electron chi connectivity index (χ2n) is 6.47. The number of hydrogen-bond donors (Lipinski definition) is 2. The van der Waals surface area contributed by atoms with Crippen LogP contribution in [-0.2, 0) is 16.0 Å². The SMILES string of the molecule is CC(C)CC(=O)Nc1cccnc1Oc1ccc2c(c1)NC(=O)CC2. The maximum atomic E-state index is 12.0. The minimum atomic E-state index is -0.0782. The Morgan fingerprint density at radius 2 is 2.16 bits per heavy atom. The van der Waals surface area contributed by atoms with Gasteiger partial charge in [-0.3, -0.25) is 9.59 Å². The predicted molar refractivity (Wildman–Crippen MR) is 95.8 cm³/mol. The van der Waals surface area contributed by atoms with Crippen molar-refractivity contribution in [3.63, 3.8) is 0 Å². The Hall–Kier alpha value is -2.89. The van der Waals surface area contributed by atoms with E-state index >= 15 is 0 Å². The Bertz CT molecular complexity index is 802. The van der Waals surface area contributed by atoms with Crippen molar-refractivity contribution >= 4 is 23.2 Å². The molecule has 0 aliphatic carbocycles. The lowest BCUT2D eigenvalue weighted by Crippen LogP contribution is -2.18. The van der Waals surface area contributed by atoms with Gasteiger partial charge in [0.2, 0.25) is 17.7 Å². The summed E-state index contributed by atoms with van der Waals surface area (Å²) in [4.78, 5) is 27.8. The van der Waals surface area contributed by atoms with Crippen molar-refractivity contribution in [3.8, 4) is 11.6 Å². The molecule has 6 nitrogen and oxygen atoms in total. The van der Waals surface area contributed by atoms with Crippen LogP contribution in [-0.4, -0.2) is 16.8 Å². The summed E-state index contributed by atoms with van der Waals surface area (Å²) in [5.74, 6) is 1.07. The van der Waals surface area contributed by atoms with E-state index in [1.165, 1.54) is 0 Å². The number of amides is 2. The van der Waals surface area contributed by atoms with Gasteiger partial charge in [-0.05, 0) is 36.1 Å². The van der Waals surface area contributed by atoms with Gasteiger partial charge in [-0.1, -0.05) is 19.9 Å². The first-order chi connectivity index (χ1) is 12.0. The Morgan fingerprint density at radius 3 is 2.96 bits per heavy atom. The molecule has 1 aromatic heterocycles. The van der Waals surface area contributed by atoms with Gasteiger partial charge in [0, 0.05) is 30.8 Å². The van der Waals surface area contributed by atoms with Crippen LogP contribution in [0.2, 0.25) is 0 Å². The molecule has 1 aromatic carbocycles. The van der Waals surface area contributed by atoms with Gasteiger partial charge in [0.1, 0.15) is 11.4 Å². The van der Waals surface area contributed by atoms with E-state index in [0.29, 0.717) is 30.2 Å². The third-order valence-electron chi connectivity index (χ3n) is 3.83. The van der Waals surface area contributed by atoms with Crippen LogP contribution in [0.5, 0.6) is 11.6 Å². The molecule has 0 spiro atoms. The average molecular weight is 339 g/mol. The van der Waals surface area contributed by atoms with Gasteiger partial charge in [0.15, 0.2) is 0 Å². The molecule has 3 rings (SSSR count). The summed E-state index contributed by atoms with van der Waals surface area (Å²) < 4.78 is 5.84. The molecule has 2 aromatic rings. The van der Waals surface area contributed by atoms with Crippen molar-refractivity contribution in [1.29, 1.82) is 0 Å². The molecule has 0 unspecified atom stereocenters. The number of carbonyl (C=O) groups is 2. The van der Waals surface area contributed by atoms with Gasteiger partial charge in [-0.2, -0.15) is 0 Å². The molecule has 2 heterocycles. The first kappa shape index (κ1) is 17.0. The zero-order valence-electron chi connectivity index (χ0n) is 14.3. The molecule has 0 bridgehead atoms. The highest BCUT2D eigenvalue weighted by molar-refractivity contribution is 5.94. The largest absolute Gasteiger partial charge is 0.437 e. The second-order valence-corrected chi connectivity index (χ2v) is 6.47. The molecule has 1 aliphatic heterocycles. The molecule has 130 valence electrons. The zero-order valence-corrected chi connectivity index (χ0v) is 14.3. The topological polar surface area (TPSA) is 80.3 Å². The van der Waals surface area contributed by atoms with Crippen molar-refractivity contribution < 1.29 is 14.3 Å². The predicted octanol–water partition coefficient (Wildman–Crippen LogP) is 3.74. The van der Waals surface area contributed by atoms with E-state index in [-0.39, 0.29) is 17.7 Å². The van der Waals surface area contributed by atoms with Gasteiger partial charge in [-0.15, -0.1) is 0 Å². The lowest BCUT2D eigenvalue weighted by Gasteiger charge is -2.18. The monoisotopic (exact) mass is 339 g/mol. The van der Waals surface area contributed by atoms with Crippen LogP contribution in [0, 0.1) is 5.92 Å². The van der Waals surface area contributed by atoms with Gasteiger partial charge in [-0.25, -0.2) is 4.98 Å². The van der Waals surface area contributed by atoms with Crippen LogP contribution in [0.3, 0.4) is 0 Å². The van der Waals surface area contributed by atoms with Gasteiger partial charge in [0.25, 0.3) is 0 Å². The number of pyridine rings is 1. The van der Waals surface area contributed by atoms with E-state index in [2.05, 4.69) is 15.6 Å².